The number of hydrazine groups is 1. The lowest BCUT2D eigenvalue weighted by molar-refractivity contribution is 0.270. The van der Waals surface area contributed by atoms with Crippen LogP contribution in [0.5, 0.6) is 0 Å². The van der Waals surface area contributed by atoms with Crippen LogP contribution < -0.4 is 11.3 Å². The van der Waals surface area contributed by atoms with Gasteiger partial charge in [0.15, 0.2) is 0 Å². The average Bonchev–Trinajstić information content (AvgIpc) is 2.41. The minimum Gasteiger partial charge on any atom is -0.271 e. The van der Waals surface area contributed by atoms with E-state index in [9.17, 15) is 12.8 Å². The average molecular weight is 300 g/mol. The van der Waals surface area contributed by atoms with Gasteiger partial charge in [-0.1, -0.05) is 24.6 Å². The van der Waals surface area contributed by atoms with E-state index >= 15 is 0 Å². The summed E-state index contributed by atoms with van der Waals surface area (Å²) in [5.74, 6) is 5.32. The second-order valence-electron chi connectivity index (χ2n) is 5.54. The number of halogens is 1. The maximum absolute atomic E-state index is 13.9. The summed E-state index contributed by atoms with van der Waals surface area (Å²) in [6.07, 6.45) is 4.17. The molecule has 1 aromatic rings. The van der Waals surface area contributed by atoms with Crippen molar-refractivity contribution in [3.8, 4) is 0 Å². The molecule has 1 aromatic carbocycles. The molecule has 1 fully saturated rings. The summed E-state index contributed by atoms with van der Waals surface area (Å²) in [6, 6.07) is 6.15. The SMILES string of the molecule is CS(=O)(=O)C1CCCC(C(NN)c2ccccc2F)C1. The van der Waals surface area contributed by atoms with Crippen LogP contribution in [0.25, 0.3) is 0 Å². The minimum absolute atomic E-state index is 0.0328. The van der Waals surface area contributed by atoms with Crippen LogP contribution in [0.2, 0.25) is 0 Å². The Morgan fingerprint density at radius 2 is 2.05 bits per heavy atom. The van der Waals surface area contributed by atoms with E-state index in [0.717, 1.165) is 12.8 Å². The molecule has 4 nitrogen and oxygen atoms in total. The van der Waals surface area contributed by atoms with E-state index in [1.54, 1.807) is 18.2 Å². The largest absolute Gasteiger partial charge is 0.271 e. The first-order valence-electron chi connectivity index (χ1n) is 6.83. The van der Waals surface area contributed by atoms with E-state index in [1.165, 1.54) is 12.3 Å². The molecule has 0 aromatic heterocycles. The Kier molecular flexibility index (Phi) is 4.78. The minimum atomic E-state index is -3.06. The highest BCUT2D eigenvalue weighted by Gasteiger charge is 2.34. The van der Waals surface area contributed by atoms with Crippen molar-refractivity contribution >= 4 is 9.84 Å². The van der Waals surface area contributed by atoms with Crippen molar-refractivity contribution in [2.75, 3.05) is 6.26 Å². The third-order valence-corrected chi connectivity index (χ3v) is 5.80. The van der Waals surface area contributed by atoms with Crippen LogP contribution in [-0.2, 0) is 9.84 Å². The zero-order chi connectivity index (χ0) is 14.8. The van der Waals surface area contributed by atoms with Crippen molar-refractivity contribution in [1.82, 2.24) is 5.43 Å². The summed E-state index contributed by atoms with van der Waals surface area (Å²) in [6.45, 7) is 0. The fourth-order valence-electron chi connectivity index (χ4n) is 3.08. The summed E-state index contributed by atoms with van der Waals surface area (Å²) < 4.78 is 37.3. The highest BCUT2D eigenvalue weighted by atomic mass is 32.2. The van der Waals surface area contributed by atoms with Gasteiger partial charge in [0.2, 0.25) is 0 Å². The molecule has 6 heteroatoms. The van der Waals surface area contributed by atoms with Crippen molar-refractivity contribution in [2.45, 2.75) is 37.0 Å². The topological polar surface area (TPSA) is 72.2 Å². The second kappa shape index (κ2) is 6.20. The van der Waals surface area contributed by atoms with Crippen LogP contribution in [0.4, 0.5) is 4.39 Å². The van der Waals surface area contributed by atoms with Crippen LogP contribution in [0.15, 0.2) is 24.3 Å². The van der Waals surface area contributed by atoms with Crippen molar-refractivity contribution in [2.24, 2.45) is 11.8 Å². The Bertz CT molecular complexity index is 562. The zero-order valence-electron chi connectivity index (χ0n) is 11.5. The second-order valence-corrected chi connectivity index (χ2v) is 7.87. The van der Waals surface area contributed by atoms with Gasteiger partial charge in [0.1, 0.15) is 15.7 Å². The number of rotatable bonds is 4. The first-order valence-corrected chi connectivity index (χ1v) is 8.78. The van der Waals surface area contributed by atoms with Crippen LogP contribution in [0.3, 0.4) is 0 Å². The molecule has 20 heavy (non-hydrogen) atoms. The van der Waals surface area contributed by atoms with Gasteiger partial charge in [-0.2, -0.15) is 0 Å². The number of benzene rings is 1. The van der Waals surface area contributed by atoms with Crippen molar-refractivity contribution < 1.29 is 12.8 Å². The van der Waals surface area contributed by atoms with Crippen molar-refractivity contribution in [3.05, 3.63) is 35.6 Å². The molecule has 112 valence electrons. The summed E-state index contributed by atoms with van der Waals surface area (Å²) in [4.78, 5) is 0. The number of sulfone groups is 1. The Labute approximate surface area is 119 Å². The third-order valence-electron chi connectivity index (χ3n) is 4.16. The first-order chi connectivity index (χ1) is 9.43. The maximum atomic E-state index is 13.9. The zero-order valence-corrected chi connectivity index (χ0v) is 12.4. The molecular weight excluding hydrogens is 279 g/mol. The van der Waals surface area contributed by atoms with Gasteiger partial charge in [-0.05, 0) is 31.2 Å². The lowest BCUT2D eigenvalue weighted by Crippen LogP contribution is -2.38. The van der Waals surface area contributed by atoms with Gasteiger partial charge < -0.3 is 0 Å². The van der Waals surface area contributed by atoms with E-state index in [2.05, 4.69) is 5.43 Å². The fraction of sp³-hybridized carbons (Fsp3) is 0.571. The Morgan fingerprint density at radius 3 is 2.65 bits per heavy atom. The number of hydrogen-bond donors (Lipinski definition) is 2. The lowest BCUT2D eigenvalue weighted by Gasteiger charge is -2.33. The fourth-order valence-corrected chi connectivity index (χ4v) is 4.27. The molecule has 0 radical (unpaired) electrons. The van der Waals surface area contributed by atoms with Crippen LogP contribution in [-0.4, -0.2) is 19.9 Å². The van der Waals surface area contributed by atoms with Gasteiger partial charge in [0, 0.05) is 11.8 Å². The standard InChI is InChI=1S/C14H21FN2O2S/c1-20(18,19)11-6-4-5-10(9-11)14(17-16)12-7-2-3-8-13(12)15/h2-3,7-8,10-11,14,17H,4-6,9,16H2,1H3. The predicted molar refractivity (Wildman–Crippen MR) is 77.1 cm³/mol. The monoisotopic (exact) mass is 300 g/mol. The normalized spacial score (nSPS) is 25.4. The van der Waals surface area contributed by atoms with Gasteiger partial charge in [0.05, 0.1) is 11.3 Å². The van der Waals surface area contributed by atoms with E-state index < -0.39 is 9.84 Å². The molecule has 3 N–H and O–H groups in total. The molecule has 1 aliphatic rings. The summed E-state index contributed by atoms with van der Waals surface area (Å²) in [7, 11) is -3.06. The molecule has 2 rings (SSSR count). The molecule has 0 amide bonds. The Hall–Kier alpha value is -0.980. The quantitative estimate of drug-likeness (QED) is 0.658. The molecule has 0 saturated heterocycles. The highest BCUT2D eigenvalue weighted by molar-refractivity contribution is 7.91. The van der Waals surface area contributed by atoms with Crippen LogP contribution >= 0.6 is 0 Å². The first kappa shape index (κ1) is 15.4. The highest BCUT2D eigenvalue weighted by Crippen LogP contribution is 2.37. The van der Waals surface area contributed by atoms with Gasteiger partial charge in [-0.15, -0.1) is 0 Å². The molecule has 0 heterocycles. The third kappa shape index (κ3) is 3.37. The molecule has 1 aliphatic carbocycles. The molecule has 3 atom stereocenters. The smallest absolute Gasteiger partial charge is 0.150 e. The molecule has 1 saturated carbocycles. The number of nitrogens with one attached hydrogen (secondary N) is 1. The van der Waals surface area contributed by atoms with Crippen molar-refractivity contribution in [1.29, 1.82) is 0 Å². The van der Waals surface area contributed by atoms with E-state index in [1.807, 2.05) is 0 Å². The summed E-state index contributed by atoms with van der Waals surface area (Å²) in [5.41, 5.74) is 3.17. The Balaban J connectivity index is 2.22. The lowest BCUT2D eigenvalue weighted by atomic mass is 9.81. The molecule has 0 bridgehead atoms. The number of nitrogens with two attached hydrogens (primary N) is 1. The summed E-state index contributed by atoms with van der Waals surface area (Å²) in [5, 5.41) is -0.344. The van der Waals surface area contributed by atoms with E-state index in [-0.39, 0.29) is 23.0 Å². The van der Waals surface area contributed by atoms with Gasteiger partial charge in [-0.25, -0.2) is 12.8 Å². The number of hydrogen-bond acceptors (Lipinski definition) is 4. The molecule has 0 spiro atoms. The molecule has 0 aliphatic heterocycles. The van der Waals surface area contributed by atoms with Crippen LogP contribution in [0.1, 0.15) is 37.3 Å². The van der Waals surface area contributed by atoms with E-state index in [4.69, 9.17) is 5.84 Å². The van der Waals surface area contributed by atoms with Crippen molar-refractivity contribution in [3.63, 3.8) is 0 Å². The van der Waals surface area contributed by atoms with Crippen LogP contribution in [0, 0.1) is 11.7 Å². The van der Waals surface area contributed by atoms with Gasteiger partial charge in [-0.3, -0.25) is 11.3 Å². The Morgan fingerprint density at radius 1 is 1.35 bits per heavy atom. The van der Waals surface area contributed by atoms with Gasteiger partial charge in [0.25, 0.3) is 0 Å². The van der Waals surface area contributed by atoms with Gasteiger partial charge >= 0.3 is 0 Å². The predicted octanol–water partition coefficient (Wildman–Crippen LogP) is 1.93. The van der Waals surface area contributed by atoms with E-state index in [0.29, 0.717) is 18.4 Å². The maximum Gasteiger partial charge on any atom is 0.150 e. The molecule has 3 unspecified atom stereocenters. The summed E-state index contributed by atoms with van der Waals surface area (Å²) >= 11 is 0. The molecular formula is C14H21FN2O2S.